The second kappa shape index (κ2) is 5.51. The van der Waals surface area contributed by atoms with Crippen LogP contribution in [0.3, 0.4) is 0 Å². The van der Waals surface area contributed by atoms with Crippen LogP contribution in [-0.4, -0.2) is 38.5 Å². The Kier molecular flexibility index (Phi) is 4.16. The molecule has 1 aliphatic rings. The van der Waals surface area contributed by atoms with Crippen molar-refractivity contribution in [3.63, 3.8) is 0 Å². The Bertz CT molecular complexity index is 524. The molecule has 4 nitrogen and oxygen atoms in total. The predicted octanol–water partition coefficient (Wildman–Crippen LogP) is 1.69. The van der Waals surface area contributed by atoms with Gasteiger partial charge in [0.05, 0.1) is 16.8 Å². The zero-order chi connectivity index (χ0) is 14.0. The van der Waals surface area contributed by atoms with Crippen molar-refractivity contribution in [2.75, 3.05) is 23.7 Å². The first-order valence-electron chi connectivity index (χ1n) is 6.70. The lowest BCUT2D eigenvalue weighted by Crippen LogP contribution is -2.42. The Morgan fingerprint density at radius 3 is 2.47 bits per heavy atom. The quantitative estimate of drug-likeness (QED) is 0.917. The molecule has 106 valence electrons. The number of hydrogen-bond donors (Lipinski definition) is 1. The number of benzene rings is 1. The number of sulfone groups is 1. The SMILES string of the molecule is CCS(=O)(=O)c1ccc(N2CCC(C)C(O)C2)cc1. The van der Waals surface area contributed by atoms with E-state index in [-0.39, 0.29) is 11.9 Å². The summed E-state index contributed by atoms with van der Waals surface area (Å²) in [6.45, 7) is 5.21. The highest BCUT2D eigenvalue weighted by Gasteiger charge is 2.24. The van der Waals surface area contributed by atoms with Crippen LogP contribution < -0.4 is 4.90 Å². The van der Waals surface area contributed by atoms with Gasteiger partial charge in [0.1, 0.15) is 0 Å². The molecule has 0 bridgehead atoms. The predicted molar refractivity (Wildman–Crippen MR) is 76.2 cm³/mol. The summed E-state index contributed by atoms with van der Waals surface area (Å²) in [5, 5.41) is 9.89. The van der Waals surface area contributed by atoms with Crippen LogP contribution in [0.4, 0.5) is 5.69 Å². The average molecular weight is 283 g/mol. The van der Waals surface area contributed by atoms with Crippen molar-refractivity contribution in [1.82, 2.24) is 0 Å². The second-order valence-electron chi connectivity index (χ2n) is 5.18. The molecule has 0 saturated carbocycles. The van der Waals surface area contributed by atoms with Crippen LogP contribution in [0.1, 0.15) is 20.3 Å². The van der Waals surface area contributed by atoms with Gasteiger partial charge in [-0.1, -0.05) is 13.8 Å². The van der Waals surface area contributed by atoms with Gasteiger partial charge >= 0.3 is 0 Å². The lowest BCUT2D eigenvalue weighted by atomic mass is 9.96. The topological polar surface area (TPSA) is 57.6 Å². The van der Waals surface area contributed by atoms with Gasteiger partial charge in [0, 0.05) is 18.8 Å². The number of hydrogen-bond acceptors (Lipinski definition) is 4. The number of anilines is 1. The van der Waals surface area contributed by atoms with Gasteiger partial charge in [-0.05, 0) is 36.6 Å². The van der Waals surface area contributed by atoms with Crippen LogP contribution in [0, 0.1) is 5.92 Å². The smallest absolute Gasteiger partial charge is 0.178 e. The number of nitrogens with zero attached hydrogens (tertiary/aromatic N) is 1. The van der Waals surface area contributed by atoms with Crippen molar-refractivity contribution in [1.29, 1.82) is 0 Å². The van der Waals surface area contributed by atoms with E-state index in [9.17, 15) is 13.5 Å². The molecule has 0 radical (unpaired) electrons. The minimum Gasteiger partial charge on any atom is -0.391 e. The molecule has 1 N–H and O–H groups in total. The summed E-state index contributed by atoms with van der Waals surface area (Å²) >= 11 is 0. The molecule has 1 saturated heterocycles. The second-order valence-corrected chi connectivity index (χ2v) is 7.45. The van der Waals surface area contributed by atoms with Crippen molar-refractivity contribution in [2.24, 2.45) is 5.92 Å². The van der Waals surface area contributed by atoms with Gasteiger partial charge in [-0.15, -0.1) is 0 Å². The third-order valence-corrected chi connectivity index (χ3v) is 5.61. The van der Waals surface area contributed by atoms with Crippen molar-refractivity contribution < 1.29 is 13.5 Å². The minimum absolute atomic E-state index is 0.117. The molecule has 0 spiro atoms. The summed E-state index contributed by atoms with van der Waals surface area (Å²) in [7, 11) is -3.13. The summed E-state index contributed by atoms with van der Waals surface area (Å²) in [4.78, 5) is 2.47. The maximum Gasteiger partial charge on any atom is 0.178 e. The largest absolute Gasteiger partial charge is 0.391 e. The van der Waals surface area contributed by atoms with E-state index in [1.807, 2.05) is 12.1 Å². The fourth-order valence-corrected chi connectivity index (χ4v) is 3.20. The van der Waals surface area contributed by atoms with Crippen molar-refractivity contribution in [3.8, 4) is 0 Å². The molecule has 19 heavy (non-hydrogen) atoms. The fraction of sp³-hybridized carbons (Fsp3) is 0.571. The van der Waals surface area contributed by atoms with Crippen LogP contribution in [0.25, 0.3) is 0 Å². The van der Waals surface area contributed by atoms with Gasteiger partial charge in [0.25, 0.3) is 0 Å². The standard InChI is InChI=1S/C14H21NO3S/c1-3-19(17,18)13-6-4-12(5-7-13)15-9-8-11(2)14(16)10-15/h4-7,11,14,16H,3,8-10H2,1-2H3. The van der Waals surface area contributed by atoms with Gasteiger partial charge in [-0.25, -0.2) is 8.42 Å². The van der Waals surface area contributed by atoms with Crippen LogP contribution in [0.15, 0.2) is 29.2 Å². The fourth-order valence-electron chi connectivity index (χ4n) is 2.31. The summed E-state index contributed by atoms with van der Waals surface area (Å²) in [6.07, 6.45) is 0.642. The molecule has 1 aromatic rings. The molecule has 2 rings (SSSR count). The third-order valence-electron chi connectivity index (χ3n) is 3.86. The number of rotatable bonds is 3. The highest BCUT2D eigenvalue weighted by atomic mass is 32.2. The monoisotopic (exact) mass is 283 g/mol. The Hall–Kier alpha value is -1.07. The molecular weight excluding hydrogens is 262 g/mol. The molecule has 0 amide bonds. The maximum absolute atomic E-state index is 11.7. The van der Waals surface area contributed by atoms with Crippen molar-refractivity contribution in [2.45, 2.75) is 31.3 Å². The molecule has 2 unspecified atom stereocenters. The molecule has 0 aliphatic carbocycles. The Morgan fingerprint density at radius 2 is 1.95 bits per heavy atom. The summed E-state index contributed by atoms with van der Waals surface area (Å²) in [5.74, 6) is 0.447. The highest BCUT2D eigenvalue weighted by molar-refractivity contribution is 7.91. The van der Waals surface area contributed by atoms with Gasteiger partial charge in [-0.3, -0.25) is 0 Å². The van der Waals surface area contributed by atoms with E-state index in [4.69, 9.17) is 0 Å². The molecule has 2 atom stereocenters. The van der Waals surface area contributed by atoms with Gasteiger partial charge in [0.15, 0.2) is 9.84 Å². The summed E-state index contributed by atoms with van der Waals surface area (Å²) < 4.78 is 23.5. The number of aliphatic hydroxyl groups excluding tert-OH is 1. The zero-order valence-corrected chi connectivity index (χ0v) is 12.2. The summed E-state index contributed by atoms with van der Waals surface area (Å²) in [5.41, 5.74) is 0.973. The van der Waals surface area contributed by atoms with Crippen LogP contribution in [0.5, 0.6) is 0 Å². The van der Waals surface area contributed by atoms with E-state index in [0.717, 1.165) is 18.7 Å². The average Bonchev–Trinajstić information content (AvgIpc) is 2.42. The molecule has 0 aromatic heterocycles. The molecule has 1 aromatic carbocycles. The number of piperidine rings is 1. The van der Waals surface area contributed by atoms with Crippen LogP contribution in [0.2, 0.25) is 0 Å². The molecule has 1 heterocycles. The maximum atomic E-state index is 11.7. The summed E-state index contributed by atoms with van der Waals surface area (Å²) in [6, 6.07) is 6.95. The molecule has 1 aliphatic heterocycles. The van der Waals surface area contributed by atoms with Crippen molar-refractivity contribution in [3.05, 3.63) is 24.3 Å². The number of aliphatic hydroxyl groups is 1. The van der Waals surface area contributed by atoms with Crippen LogP contribution >= 0.6 is 0 Å². The molecule has 1 fully saturated rings. The number of β-amino-alcohol motifs (C(OH)–C–C–N with tert-alkyl or cyclic N) is 1. The van der Waals surface area contributed by atoms with E-state index in [1.165, 1.54) is 0 Å². The third kappa shape index (κ3) is 3.09. The van der Waals surface area contributed by atoms with Gasteiger partial charge in [-0.2, -0.15) is 0 Å². The van der Waals surface area contributed by atoms with E-state index in [2.05, 4.69) is 11.8 Å². The van der Waals surface area contributed by atoms with Crippen molar-refractivity contribution >= 4 is 15.5 Å². The normalized spacial score (nSPS) is 24.5. The zero-order valence-electron chi connectivity index (χ0n) is 11.4. The highest BCUT2D eigenvalue weighted by Crippen LogP contribution is 2.24. The minimum atomic E-state index is -3.13. The lowest BCUT2D eigenvalue weighted by Gasteiger charge is -2.35. The first-order chi connectivity index (χ1) is 8.94. The first-order valence-corrected chi connectivity index (χ1v) is 8.35. The van der Waals surface area contributed by atoms with E-state index < -0.39 is 9.84 Å². The Labute approximate surface area is 115 Å². The van der Waals surface area contributed by atoms with Crippen LogP contribution in [-0.2, 0) is 9.84 Å². The molecular formula is C14H21NO3S. The van der Waals surface area contributed by atoms with E-state index >= 15 is 0 Å². The lowest BCUT2D eigenvalue weighted by molar-refractivity contribution is 0.103. The molecule has 5 heteroatoms. The first kappa shape index (κ1) is 14.3. The Balaban J connectivity index is 2.15. The Morgan fingerprint density at radius 1 is 1.32 bits per heavy atom. The van der Waals surface area contributed by atoms with Gasteiger partial charge < -0.3 is 10.0 Å². The van der Waals surface area contributed by atoms with Gasteiger partial charge in [0.2, 0.25) is 0 Å². The van der Waals surface area contributed by atoms with E-state index in [1.54, 1.807) is 19.1 Å². The van der Waals surface area contributed by atoms with E-state index in [0.29, 0.717) is 17.4 Å².